The minimum atomic E-state index is -0.284. The van der Waals surface area contributed by atoms with Gasteiger partial charge < -0.3 is 11.1 Å². The summed E-state index contributed by atoms with van der Waals surface area (Å²) >= 11 is 17.7. The number of hydrogen-bond acceptors (Lipinski definition) is 2. The van der Waals surface area contributed by atoms with Gasteiger partial charge in [-0.15, -0.1) is 0 Å². The second-order valence-electron chi connectivity index (χ2n) is 4.61. The number of benzene rings is 2. The van der Waals surface area contributed by atoms with Gasteiger partial charge in [0.15, 0.2) is 0 Å². The van der Waals surface area contributed by atoms with Crippen LogP contribution in [0.1, 0.15) is 28.9 Å². The zero-order valence-corrected chi connectivity index (χ0v) is 13.4. The minimum Gasteiger partial charge on any atom is -0.397 e. The van der Waals surface area contributed by atoms with Crippen molar-refractivity contribution >= 4 is 46.4 Å². The van der Waals surface area contributed by atoms with Crippen molar-refractivity contribution in [3.05, 3.63) is 62.6 Å². The monoisotopic (exact) mass is 342 g/mol. The molecule has 110 valence electrons. The quantitative estimate of drug-likeness (QED) is 0.792. The van der Waals surface area contributed by atoms with Crippen molar-refractivity contribution in [2.24, 2.45) is 0 Å². The third kappa shape index (κ3) is 3.82. The molecule has 0 aliphatic rings. The molecule has 1 unspecified atom stereocenters. The fraction of sp³-hybridized carbons (Fsp3) is 0.133. The third-order valence-corrected chi connectivity index (χ3v) is 4.07. The standard InChI is InChI=1S/C15H13Cl3N2O/c1-8(9-3-2-4-11(16)5-9)20-15(21)10-6-12(17)14(18)13(19)7-10/h2-8H,19H2,1H3,(H,20,21). The summed E-state index contributed by atoms with van der Waals surface area (Å²) in [4.78, 5) is 12.2. The van der Waals surface area contributed by atoms with Crippen LogP contribution in [0.25, 0.3) is 0 Å². The second-order valence-corrected chi connectivity index (χ2v) is 5.83. The van der Waals surface area contributed by atoms with Gasteiger partial charge in [0.05, 0.1) is 21.8 Å². The number of rotatable bonds is 3. The minimum absolute atomic E-state index is 0.202. The largest absolute Gasteiger partial charge is 0.397 e. The van der Waals surface area contributed by atoms with Crippen LogP contribution >= 0.6 is 34.8 Å². The van der Waals surface area contributed by atoms with E-state index in [4.69, 9.17) is 40.5 Å². The lowest BCUT2D eigenvalue weighted by Crippen LogP contribution is -2.26. The smallest absolute Gasteiger partial charge is 0.251 e. The van der Waals surface area contributed by atoms with Gasteiger partial charge >= 0.3 is 0 Å². The Morgan fingerprint density at radius 2 is 1.90 bits per heavy atom. The number of carbonyl (C=O) groups is 1. The number of nitrogen functional groups attached to an aromatic ring is 1. The Labute approximate surface area is 138 Å². The number of carbonyl (C=O) groups excluding carboxylic acids is 1. The van der Waals surface area contributed by atoms with Crippen LogP contribution in [0.15, 0.2) is 36.4 Å². The summed E-state index contributed by atoms with van der Waals surface area (Å²) in [6, 6.07) is 10.1. The Morgan fingerprint density at radius 3 is 2.52 bits per heavy atom. The normalized spacial score (nSPS) is 12.0. The zero-order chi connectivity index (χ0) is 15.6. The van der Waals surface area contributed by atoms with Gasteiger partial charge in [-0.05, 0) is 36.8 Å². The molecule has 6 heteroatoms. The van der Waals surface area contributed by atoms with Gasteiger partial charge in [-0.25, -0.2) is 0 Å². The summed E-state index contributed by atoms with van der Waals surface area (Å²) in [6.07, 6.45) is 0. The van der Waals surface area contributed by atoms with E-state index in [0.717, 1.165) is 5.56 Å². The molecule has 0 bridgehead atoms. The summed E-state index contributed by atoms with van der Waals surface area (Å²) in [6.45, 7) is 1.87. The van der Waals surface area contributed by atoms with E-state index in [1.807, 2.05) is 19.1 Å². The van der Waals surface area contributed by atoms with E-state index in [9.17, 15) is 4.79 Å². The van der Waals surface area contributed by atoms with Gasteiger partial charge in [-0.1, -0.05) is 46.9 Å². The molecule has 0 aliphatic heterocycles. The highest BCUT2D eigenvalue weighted by molar-refractivity contribution is 6.43. The summed E-state index contributed by atoms with van der Waals surface area (Å²) in [5.41, 5.74) is 7.24. The van der Waals surface area contributed by atoms with E-state index in [-0.39, 0.29) is 27.7 Å². The molecule has 2 aromatic carbocycles. The van der Waals surface area contributed by atoms with Crippen LogP contribution in [-0.4, -0.2) is 5.91 Å². The maximum atomic E-state index is 12.2. The lowest BCUT2D eigenvalue weighted by molar-refractivity contribution is 0.0940. The molecule has 1 atom stereocenters. The molecule has 3 nitrogen and oxygen atoms in total. The lowest BCUT2D eigenvalue weighted by atomic mass is 10.1. The average molecular weight is 344 g/mol. The van der Waals surface area contributed by atoms with Crippen LogP contribution in [0.2, 0.25) is 15.1 Å². The molecule has 0 spiro atoms. The highest BCUT2D eigenvalue weighted by Gasteiger charge is 2.14. The van der Waals surface area contributed by atoms with Gasteiger partial charge in [0.1, 0.15) is 0 Å². The van der Waals surface area contributed by atoms with E-state index < -0.39 is 0 Å². The molecule has 2 rings (SSSR count). The highest BCUT2D eigenvalue weighted by Crippen LogP contribution is 2.29. The molecule has 0 fully saturated rings. The van der Waals surface area contributed by atoms with Crippen molar-refractivity contribution in [1.82, 2.24) is 5.32 Å². The van der Waals surface area contributed by atoms with Crippen molar-refractivity contribution in [3.63, 3.8) is 0 Å². The predicted octanol–water partition coefficient (Wildman–Crippen LogP) is 4.72. The van der Waals surface area contributed by atoms with Crippen LogP contribution < -0.4 is 11.1 Å². The van der Waals surface area contributed by atoms with Crippen molar-refractivity contribution in [2.75, 3.05) is 5.73 Å². The molecule has 0 aliphatic carbocycles. The molecule has 0 heterocycles. The van der Waals surface area contributed by atoms with Crippen LogP contribution in [-0.2, 0) is 0 Å². The van der Waals surface area contributed by atoms with E-state index in [0.29, 0.717) is 10.6 Å². The lowest BCUT2D eigenvalue weighted by Gasteiger charge is -2.15. The summed E-state index contributed by atoms with van der Waals surface area (Å²) in [5.74, 6) is -0.284. The van der Waals surface area contributed by atoms with Crippen LogP contribution in [0, 0.1) is 0 Å². The molecular formula is C15H13Cl3N2O. The number of halogens is 3. The van der Waals surface area contributed by atoms with Gasteiger partial charge in [0.2, 0.25) is 0 Å². The fourth-order valence-electron chi connectivity index (χ4n) is 1.88. The maximum Gasteiger partial charge on any atom is 0.251 e. The summed E-state index contributed by atoms with van der Waals surface area (Å²) < 4.78 is 0. The maximum absolute atomic E-state index is 12.2. The van der Waals surface area contributed by atoms with E-state index in [1.165, 1.54) is 12.1 Å². The second kappa shape index (κ2) is 6.56. The van der Waals surface area contributed by atoms with Gasteiger partial charge in [0.25, 0.3) is 5.91 Å². The van der Waals surface area contributed by atoms with Crippen molar-refractivity contribution in [2.45, 2.75) is 13.0 Å². The molecule has 21 heavy (non-hydrogen) atoms. The highest BCUT2D eigenvalue weighted by atomic mass is 35.5. The Kier molecular flexibility index (Phi) is 4.99. The molecule has 3 N–H and O–H groups in total. The first kappa shape index (κ1) is 16.0. The zero-order valence-electron chi connectivity index (χ0n) is 11.2. The number of nitrogens with two attached hydrogens (primary N) is 1. The van der Waals surface area contributed by atoms with E-state index in [2.05, 4.69) is 5.32 Å². The molecule has 0 saturated carbocycles. The number of nitrogens with one attached hydrogen (secondary N) is 1. The Morgan fingerprint density at radius 1 is 1.19 bits per heavy atom. The molecule has 0 radical (unpaired) electrons. The van der Waals surface area contributed by atoms with Gasteiger partial charge in [-0.3, -0.25) is 4.79 Å². The van der Waals surface area contributed by atoms with Crippen LogP contribution in [0.4, 0.5) is 5.69 Å². The third-order valence-electron chi connectivity index (χ3n) is 3.01. The predicted molar refractivity (Wildman–Crippen MR) is 88.2 cm³/mol. The molecule has 1 amide bonds. The number of amides is 1. The molecule has 2 aromatic rings. The molecule has 0 aromatic heterocycles. The fourth-order valence-corrected chi connectivity index (χ4v) is 2.42. The first-order valence-electron chi connectivity index (χ1n) is 6.19. The van der Waals surface area contributed by atoms with Crippen molar-refractivity contribution in [1.29, 1.82) is 0 Å². The summed E-state index contributed by atoms with van der Waals surface area (Å²) in [7, 11) is 0. The van der Waals surface area contributed by atoms with Gasteiger partial charge in [0, 0.05) is 10.6 Å². The number of anilines is 1. The number of hydrogen-bond donors (Lipinski definition) is 2. The average Bonchev–Trinajstić information content (AvgIpc) is 2.44. The van der Waals surface area contributed by atoms with E-state index in [1.54, 1.807) is 12.1 Å². The Hall–Kier alpha value is -1.42. The van der Waals surface area contributed by atoms with Crippen molar-refractivity contribution in [3.8, 4) is 0 Å². The molecule has 0 saturated heterocycles. The van der Waals surface area contributed by atoms with Gasteiger partial charge in [-0.2, -0.15) is 0 Å². The van der Waals surface area contributed by atoms with Crippen LogP contribution in [0.3, 0.4) is 0 Å². The Bertz CT molecular complexity index is 665. The topological polar surface area (TPSA) is 55.1 Å². The van der Waals surface area contributed by atoms with Crippen LogP contribution in [0.5, 0.6) is 0 Å². The van der Waals surface area contributed by atoms with Crippen molar-refractivity contribution < 1.29 is 4.79 Å². The Balaban J connectivity index is 2.18. The summed E-state index contributed by atoms with van der Waals surface area (Å²) in [5, 5.41) is 3.97. The van der Waals surface area contributed by atoms with E-state index >= 15 is 0 Å². The molecular weight excluding hydrogens is 331 g/mol. The first-order valence-corrected chi connectivity index (χ1v) is 7.32. The first-order chi connectivity index (χ1) is 9.88. The SMILES string of the molecule is CC(NC(=O)c1cc(N)c(Cl)c(Cl)c1)c1cccc(Cl)c1.